The van der Waals surface area contributed by atoms with E-state index in [1.54, 1.807) is 24.3 Å². The molecule has 0 aromatic heterocycles. The molecule has 1 unspecified atom stereocenters. The Labute approximate surface area is 173 Å². The maximum atomic E-state index is 12.7. The monoisotopic (exact) mass is 418 g/mol. The zero-order chi connectivity index (χ0) is 21.6. The van der Waals surface area contributed by atoms with Crippen LogP contribution in [0.25, 0.3) is 0 Å². The van der Waals surface area contributed by atoms with E-state index >= 15 is 0 Å². The molecule has 1 atom stereocenters. The summed E-state index contributed by atoms with van der Waals surface area (Å²) in [5.74, 6) is 0.197. The van der Waals surface area contributed by atoms with Crippen LogP contribution in [0.4, 0.5) is 5.69 Å². The molecule has 2 aromatic rings. The van der Waals surface area contributed by atoms with Crippen molar-refractivity contribution < 1.29 is 17.9 Å². The molecule has 0 saturated carbocycles. The Hall–Kier alpha value is -2.54. The summed E-state index contributed by atoms with van der Waals surface area (Å²) in [5, 5.41) is 2.97. The van der Waals surface area contributed by atoms with Crippen molar-refractivity contribution in [1.29, 1.82) is 0 Å². The van der Waals surface area contributed by atoms with E-state index in [0.29, 0.717) is 24.5 Å². The van der Waals surface area contributed by atoms with Gasteiger partial charge in [-0.1, -0.05) is 31.2 Å². The Morgan fingerprint density at radius 1 is 1.10 bits per heavy atom. The van der Waals surface area contributed by atoms with E-state index < -0.39 is 10.0 Å². The fourth-order valence-electron chi connectivity index (χ4n) is 3.07. The Kier molecular flexibility index (Phi) is 7.67. The smallest absolute Gasteiger partial charge is 0.241 e. The molecule has 6 nitrogen and oxygen atoms in total. The Morgan fingerprint density at radius 3 is 2.41 bits per heavy atom. The molecule has 2 aromatic carbocycles. The number of anilines is 1. The van der Waals surface area contributed by atoms with Crippen LogP contribution in [0.15, 0.2) is 42.5 Å². The van der Waals surface area contributed by atoms with Crippen LogP contribution in [0.2, 0.25) is 0 Å². The first-order valence-corrected chi connectivity index (χ1v) is 11.6. The average molecular weight is 419 g/mol. The predicted octanol–water partition coefficient (Wildman–Crippen LogP) is 3.74. The number of hydrogen-bond acceptors (Lipinski definition) is 4. The highest BCUT2D eigenvalue weighted by Gasteiger charge is 2.23. The van der Waals surface area contributed by atoms with Crippen molar-refractivity contribution in [3.05, 3.63) is 59.2 Å². The number of sulfonamides is 1. The second-order valence-corrected chi connectivity index (χ2v) is 8.98. The van der Waals surface area contributed by atoms with Crippen molar-refractivity contribution >= 4 is 21.6 Å². The van der Waals surface area contributed by atoms with Gasteiger partial charge in [0.15, 0.2) is 0 Å². The van der Waals surface area contributed by atoms with E-state index in [1.807, 2.05) is 39.8 Å². The third kappa shape index (κ3) is 6.22. The van der Waals surface area contributed by atoms with Gasteiger partial charge in [0.25, 0.3) is 0 Å². The molecular formula is C22H30N2O4S. The number of nitrogens with one attached hydrogen (secondary N) is 1. The molecule has 7 heteroatoms. The molecule has 158 valence electrons. The average Bonchev–Trinajstić information content (AvgIpc) is 2.66. The van der Waals surface area contributed by atoms with Gasteiger partial charge in [0.05, 0.1) is 24.6 Å². The molecule has 0 aliphatic rings. The molecule has 0 fully saturated rings. The zero-order valence-electron chi connectivity index (χ0n) is 17.7. The number of rotatable bonds is 9. The van der Waals surface area contributed by atoms with Crippen molar-refractivity contribution in [1.82, 2.24) is 5.32 Å². The molecular weight excluding hydrogens is 388 g/mol. The van der Waals surface area contributed by atoms with E-state index in [9.17, 15) is 13.2 Å². The molecule has 0 bridgehead atoms. The van der Waals surface area contributed by atoms with E-state index in [2.05, 4.69) is 11.4 Å². The summed E-state index contributed by atoms with van der Waals surface area (Å²) in [5.41, 5.74) is 3.74. The lowest BCUT2D eigenvalue weighted by Gasteiger charge is -2.24. The second kappa shape index (κ2) is 9.78. The van der Waals surface area contributed by atoms with Crippen LogP contribution in [0.5, 0.6) is 5.75 Å². The molecule has 0 spiro atoms. The highest BCUT2D eigenvalue weighted by molar-refractivity contribution is 7.92. The molecule has 1 amide bonds. The number of hydrogen-bond donors (Lipinski definition) is 1. The Balaban J connectivity index is 2.21. The van der Waals surface area contributed by atoms with Crippen molar-refractivity contribution in [2.45, 2.75) is 40.2 Å². The topological polar surface area (TPSA) is 75.7 Å². The van der Waals surface area contributed by atoms with E-state index in [4.69, 9.17) is 4.74 Å². The maximum Gasteiger partial charge on any atom is 0.241 e. The number of nitrogens with zero attached hydrogens (tertiary/aromatic N) is 1. The van der Waals surface area contributed by atoms with Gasteiger partial charge in [0.2, 0.25) is 15.9 Å². The molecule has 0 saturated heterocycles. The number of aryl methyl sites for hydroxylation is 2. The van der Waals surface area contributed by atoms with E-state index in [0.717, 1.165) is 21.7 Å². The van der Waals surface area contributed by atoms with Crippen molar-refractivity contribution in [3.8, 4) is 5.75 Å². The Bertz CT molecular complexity index is 957. The first-order valence-electron chi connectivity index (χ1n) is 9.72. The molecule has 2 rings (SSSR count). The van der Waals surface area contributed by atoms with Gasteiger partial charge in [-0.05, 0) is 56.0 Å². The minimum Gasteiger partial charge on any atom is -0.494 e. The minimum atomic E-state index is -3.65. The van der Waals surface area contributed by atoms with Crippen molar-refractivity contribution in [3.63, 3.8) is 0 Å². The summed E-state index contributed by atoms with van der Waals surface area (Å²) in [6.07, 6.45) is 1.79. The van der Waals surface area contributed by atoms with Crippen molar-refractivity contribution in [2.75, 3.05) is 23.7 Å². The summed E-state index contributed by atoms with van der Waals surface area (Å²) in [6.45, 7) is 8.09. The van der Waals surface area contributed by atoms with Gasteiger partial charge in [0, 0.05) is 6.07 Å². The summed E-state index contributed by atoms with van der Waals surface area (Å²) < 4.78 is 31.2. The lowest BCUT2D eigenvalue weighted by Crippen LogP contribution is -2.41. The summed E-state index contributed by atoms with van der Waals surface area (Å²) in [7, 11) is -3.65. The lowest BCUT2D eigenvalue weighted by molar-refractivity contribution is -0.120. The lowest BCUT2D eigenvalue weighted by atomic mass is 9.99. The third-order valence-electron chi connectivity index (χ3n) is 4.78. The fourth-order valence-corrected chi connectivity index (χ4v) is 3.92. The zero-order valence-corrected chi connectivity index (χ0v) is 18.5. The van der Waals surface area contributed by atoms with Gasteiger partial charge in [0.1, 0.15) is 12.3 Å². The number of ether oxygens (including phenoxy) is 1. The van der Waals surface area contributed by atoms with Gasteiger partial charge < -0.3 is 10.1 Å². The normalized spacial score (nSPS) is 12.3. The van der Waals surface area contributed by atoms with Crippen molar-refractivity contribution in [2.24, 2.45) is 0 Å². The summed E-state index contributed by atoms with van der Waals surface area (Å²) in [6, 6.07) is 12.6. The van der Waals surface area contributed by atoms with Crippen LogP contribution in [-0.4, -0.2) is 33.7 Å². The first-order chi connectivity index (χ1) is 13.7. The molecule has 1 N–H and O–H groups in total. The van der Waals surface area contributed by atoms with E-state index in [-0.39, 0.29) is 18.5 Å². The highest BCUT2D eigenvalue weighted by Crippen LogP contribution is 2.24. The number of benzene rings is 2. The fraction of sp³-hybridized carbons (Fsp3) is 0.409. The molecule has 0 aliphatic heterocycles. The van der Waals surface area contributed by atoms with Crippen LogP contribution in [0, 0.1) is 13.8 Å². The highest BCUT2D eigenvalue weighted by atomic mass is 32.2. The van der Waals surface area contributed by atoms with Gasteiger partial charge in [-0.15, -0.1) is 0 Å². The number of carbonyl (C=O) groups is 1. The van der Waals surface area contributed by atoms with Gasteiger partial charge in [-0.3, -0.25) is 9.10 Å². The van der Waals surface area contributed by atoms with Crippen LogP contribution in [0.1, 0.15) is 43.0 Å². The number of amides is 1. The second-order valence-electron chi connectivity index (χ2n) is 7.07. The maximum absolute atomic E-state index is 12.7. The van der Waals surface area contributed by atoms with Gasteiger partial charge in [-0.25, -0.2) is 8.42 Å². The van der Waals surface area contributed by atoms with Crippen LogP contribution in [-0.2, 0) is 14.8 Å². The van der Waals surface area contributed by atoms with Gasteiger partial charge >= 0.3 is 0 Å². The minimum absolute atomic E-state index is 0.182. The van der Waals surface area contributed by atoms with Crippen LogP contribution >= 0.6 is 0 Å². The summed E-state index contributed by atoms with van der Waals surface area (Å²) >= 11 is 0. The van der Waals surface area contributed by atoms with Crippen LogP contribution in [0.3, 0.4) is 0 Å². The molecule has 0 radical (unpaired) electrons. The first kappa shape index (κ1) is 22.7. The largest absolute Gasteiger partial charge is 0.494 e. The third-order valence-corrected chi connectivity index (χ3v) is 5.92. The predicted molar refractivity (Wildman–Crippen MR) is 117 cm³/mol. The van der Waals surface area contributed by atoms with Crippen LogP contribution < -0.4 is 14.4 Å². The standard InChI is InChI=1S/C22H30N2O4S/c1-6-21(18-12-11-16(3)17(4)13-18)23-22(25)15-24(29(5,26)27)19-9-8-10-20(14-19)28-7-2/h8-14,21H,6-7,15H2,1-5H3,(H,23,25). The SMILES string of the molecule is CCOc1cccc(N(CC(=O)NC(CC)c2ccc(C)c(C)c2)S(C)(=O)=O)c1. The van der Waals surface area contributed by atoms with Gasteiger partial charge in [-0.2, -0.15) is 0 Å². The molecule has 0 heterocycles. The van der Waals surface area contributed by atoms with E-state index in [1.165, 1.54) is 5.56 Å². The summed E-state index contributed by atoms with van der Waals surface area (Å²) in [4.78, 5) is 12.7. The molecule has 29 heavy (non-hydrogen) atoms. The quantitative estimate of drug-likeness (QED) is 0.673. The Morgan fingerprint density at radius 2 is 1.83 bits per heavy atom. The molecule has 0 aliphatic carbocycles. The number of carbonyl (C=O) groups excluding carboxylic acids is 1.